The molecule has 0 spiro atoms. The smallest absolute Gasteiger partial charge is 0.352 e. The molecule has 0 fully saturated rings. The number of phenols is 2. The lowest BCUT2D eigenvalue weighted by molar-refractivity contribution is 0.0905. The monoisotopic (exact) mass is 699 g/mol. The van der Waals surface area contributed by atoms with Gasteiger partial charge in [0.25, 0.3) is 0 Å². The van der Waals surface area contributed by atoms with Crippen molar-refractivity contribution in [3.63, 3.8) is 0 Å². The second-order valence-electron chi connectivity index (χ2n) is 13.0. The molecule has 8 rings (SSSR count). The van der Waals surface area contributed by atoms with E-state index in [4.69, 9.17) is 19.2 Å². The molecule has 4 heterocycles. The Morgan fingerprint density at radius 2 is 1.52 bits per heavy atom. The minimum absolute atomic E-state index is 0.0479. The van der Waals surface area contributed by atoms with Crippen LogP contribution >= 0.6 is 0 Å². The van der Waals surface area contributed by atoms with Crippen molar-refractivity contribution in [2.45, 2.75) is 39.2 Å². The molecule has 3 N–H and O–H groups in total. The molecule has 0 unspecified atom stereocenters. The first-order chi connectivity index (χ1) is 25.0. The first-order valence-electron chi connectivity index (χ1n) is 16.5. The molecule has 262 valence electrons. The van der Waals surface area contributed by atoms with E-state index in [1.807, 2.05) is 36.4 Å². The molecule has 13 heteroatoms. The molecule has 0 amide bonds. The molecule has 2 aliphatic rings. The maximum atomic E-state index is 14.6. The summed E-state index contributed by atoms with van der Waals surface area (Å²) >= 11 is 0. The predicted octanol–water partition coefficient (Wildman–Crippen LogP) is 5.53. The molecule has 13 nitrogen and oxygen atoms in total. The van der Waals surface area contributed by atoms with Gasteiger partial charge < -0.3 is 29.5 Å². The van der Waals surface area contributed by atoms with Crippen LogP contribution in [0.25, 0.3) is 34.1 Å². The summed E-state index contributed by atoms with van der Waals surface area (Å²) < 4.78 is 20.0. The number of pyridine rings is 1. The Labute approximate surface area is 296 Å². The zero-order chi connectivity index (χ0) is 36.6. The fourth-order valence-electron chi connectivity index (χ4n) is 7.12. The van der Waals surface area contributed by atoms with Crippen molar-refractivity contribution in [3.8, 4) is 51.6 Å². The third kappa shape index (κ3) is 4.65. The minimum atomic E-state index is -1.47. The molecule has 52 heavy (non-hydrogen) atoms. The van der Waals surface area contributed by atoms with E-state index in [-0.39, 0.29) is 68.8 Å². The van der Waals surface area contributed by atoms with Crippen LogP contribution in [0.5, 0.6) is 34.6 Å². The fourth-order valence-corrected chi connectivity index (χ4v) is 7.12. The summed E-state index contributed by atoms with van der Waals surface area (Å²) in [5, 5.41) is 38.7. The van der Waals surface area contributed by atoms with Crippen LogP contribution in [0.3, 0.4) is 0 Å². The number of aryl methyl sites for hydroxylation is 3. The number of hydrogen-bond acceptors (Lipinski definition) is 11. The predicted molar refractivity (Wildman–Crippen MR) is 191 cm³/mol. The van der Waals surface area contributed by atoms with Crippen molar-refractivity contribution in [1.29, 1.82) is 0 Å². The summed E-state index contributed by atoms with van der Waals surface area (Å²) in [6.07, 6.45) is 2.17. The lowest BCUT2D eigenvalue weighted by Crippen LogP contribution is -2.36. The lowest BCUT2D eigenvalue weighted by Gasteiger charge is -2.27. The van der Waals surface area contributed by atoms with Gasteiger partial charge in [-0.25, -0.2) is 14.5 Å². The van der Waals surface area contributed by atoms with E-state index in [1.54, 1.807) is 63.1 Å². The number of carbonyl (C=O) groups is 1. The number of ketones is 1. The summed E-state index contributed by atoms with van der Waals surface area (Å²) in [4.78, 5) is 36.4. The molecule has 1 aliphatic carbocycles. The van der Waals surface area contributed by atoms with E-state index in [1.165, 1.54) is 11.5 Å². The largest absolute Gasteiger partial charge is 0.507 e. The second kappa shape index (κ2) is 11.7. The Morgan fingerprint density at radius 1 is 0.846 bits per heavy atom. The highest BCUT2D eigenvalue weighted by Gasteiger charge is 2.55. The second-order valence-corrected chi connectivity index (χ2v) is 13.0. The van der Waals surface area contributed by atoms with Crippen LogP contribution < -0.4 is 19.9 Å². The normalized spacial score (nSPS) is 15.9. The number of nitrogens with zero attached hydrogens (tertiary/aromatic N) is 5. The molecule has 3 aromatic heterocycles. The average molecular weight is 700 g/mol. The quantitative estimate of drug-likeness (QED) is 0.192. The van der Waals surface area contributed by atoms with E-state index in [9.17, 15) is 24.9 Å². The Bertz CT molecular complexity index is 2570. The molecular weight excluding hydrogens is 666 g/mol. The van der Waals surface area contributed by atoms with Crippen molar-refractivity contribution in [2.24, 2.45) is 0 Å². The number of Topliss-reactive ketones (excluding diaryl/α,β-unsaturated/α-hetero) is 1. The number of rotatable bonds is 7. The van der Waals surface area contributed by atoms with Gasteiger partial charge in [0.15, 0.2) is 5.78 Å². The number of carbonyl (C=O) groups excluding carboxylic acids is 1. The molecule has 0 saturated carbocycles. The standard InChI is InChI=1S/C39H33N5O8/c1-19-32(45)30(26-15-14-25-36(40-26)43(38(49)41-37(25)48)17-16-21-6-10-23(50-4)11-7-21)34-31(33(19)46)39(3)28(52-34)18-27-29(35(39)47)20(2)42-44(27)22-8-12-24(51-5)13-9-22/h6-15,18,45-46H,16-17H2,1-5H3,(H,41,48,49)/t39-/m0/s1. The van der Waals surface area contributed by atoms with E-state index in [2.05, 4.69) is 10.1 Å². The first-order valence-corrected chi connectivity index (χ1v) is 16.5. The van der Waals surface area contributed by atoms with Crippen LogP contribution in [-0.4, -0.2) is 59.6 Å². The van der Waals surface area contributed by atoms with Crippen LogP contribution in [-0.2, 0) is 18.4 Å². The summed E-state index contributed by atoms with van der Waals surface area (Å²) in [6, 6.07) is 17.8. The minimum Gasteiger partial charge on any atom is -0.507 e. The molecule has 0 bridgehead atoms. The van der Waals surface area contributed by atoms with E-state index in [0.29, 0.717) is 40.6 Å². The van der Waals surface area contributed by atoms with Gasteiger partial charge in [0.1, 0.15) is 45.6 Å². The SMILES string of the molecule is COc1ccc(CCn2c(=O)nc(O)c3ccc(-c4c(O)c(C)c(O)c5c4OC4=Cc6c(c(C)nn6-c6ccc(OC)cc6)C(=O)[C@@]45C)nc32)cc1. The van der Waals surface area contributed by atoms with Gasteiger partial charge in [-0.3, -0.25) is 9.36 Å². The molecule has 0 saturated heterocycles. The van der Waals surface area contributed by atoms with Gasteiger partial charge in [-0.05, 0) is 81.3 Å². The number of benzene rings is 3. The number of phenolic OH excluding ortho intramolecular Hbond substituents is 2. The summed E-state index contributed by atoms with van der Waals surface area (Å²) in [5.41, 5.74) is 1.52. The maximum Gasteiger partial charge on any atom is 0.352 e. The third-order valence-corrected chi connectivity index (χ3v) is 10.0. The number of methoxy groups -OCH3 is 2. The Kier molecular flexibility index (Phi) is 7.34. The highest BCUT2D eigenvalue weighted by molar-refractivity contribution is 6.14. The van der Waals surface area contributed by atoms with Crippen LogP contribution in [0.15, 0.2) is 71.2 Å². The van der Waals surface area contributed by atoms with Gasteiger partial charge in [-0.1, -0.05) is 12.1 Å². The van der Waals surface area contributed by atoms with Crippen LogP contribution in [0.2, 0.25) is 0 Å². The van der Waals surface area contributed by atoms with E-state index >= 15 is 0 Å². The number of fused-ring (bicyclic) bond motifs is 5. The molecule has 0 radical (unpaired) electrons. The zero-order valence-corrected chi connectivity index (χ0v) is 28.9. The van der Waals surface area contributed by atoms with Gasteiger partial charge in [0.2, 0.25) is 5.88 Å². The van der Waals surface area contributed by atoms with Crippen LogP contribution in [0.1, 0.15) is 45.4 Å². The molecule has 1 atom stereocenters. The first kappa shape index (κ1) is 32.6. The van der Waals surface area contributed by atoms with E-state index < -0.39 is 17.0 Å². The average Bonchev–Trinajstić information content (AvgIpc) is 3.64. The number of hydrogen-bond donors (Lipinski definition) is 3. The van der Waals surface area contributed by atoms with Gasteiger partial charge in [0.05, 0.1) is 59.1 Å². The summed E-state index contributed by atoms with van der Waals surface area (Å²) in [7, 11) is 3.16. The van der Waals surface area contributed by atoms with Crippen LogP contribution in [0, 0.1) is 13.8 Å². The van der Waals surface area contributed by atoms with Gasteiger partial charge in [-0.15, -0.1) is 0 Å². The van der Waals surface area contributed by atoms with Gasteiger partial charge >= 0.3 is 5.69 Å². The number of ether oxygens (including phenoxy) is 3. The van der Waals surface area contributed by atoms with Crippen molar-refractivity contribution in [3.05, 3.63) is 111 Å². The van der Waals surface area contributed by atoms with Crippen molar-refractivity contribution >= 4 is 22.9 Å². The van der Waals surface area contributed by atoms with Crippen molar-refractivity contribution in [2.75, 3.05) is 14.2 Å². The van der Waals surface area contributed by atoms with Gasteiger partial charge in [0, 0.05) is 18.2 Å². The Balaban J connectivity index is 1.27. The molecular formula is C39H33N5O8. The van der Waals surface area contributed by atoms with Crippen molar-refractivity contribution in [1.82, 2.24) is 24.3 Å². The Morgan fingerprint density at radius 3 is 2.19 bits per heavy atom. The fraction of sp³-hybridized carbons (Fsp3) is 0.205. The number of aromatic nitrogens is 5. The topological polar surface area (TPSA) is 171 Å². The summed E-state index contributed by atoms with van der Waals surface area (Å²) in [6.45, 7) is 5.14. The highest BCUT2D eigenvalue weighted by Crippen LogP contribution is 2.60. The zero-order valence-electron chi connectivity index (χ0n) is 28.9. The maximum absolute atomic E-state index is 14.6. The highest BCUT2D eigenvalue weighted by atomic mass is 16.5. The van der Waals surface area contributed by atoms with Crippen LogP contribution in [0.4, 0.5) is 0 Å². The Hall–Kier alpha value is -6.63. The molecule has 3 aromatic carbocycles. The molecule has 1 aliphatic heterocycles. The molecule has 6 aromatic rings. The number of allylic oxidation sites excluding steroid dienone is 1. The number of aromatic hydroxyl groups is 3. The van der Waals surface area contributed by atoms with E-state index in [0.717, 1.165) is 5.56 Å². The third-order valence-electron chi connectivity index (χ3n) is 10.0. The van der Waals surface area contributed by atoms with Crippen molar-refractivity contribution < 1.29 is 34.3 Å². The van der Waals surface area contributed by atoms with Gasteiger partial charge in [-0.2, -0.15) is 10.1 Å². The summed E-state index contributed by atoms with van der Waals surface area (Å²) in [5.74, 6) is 0.214. The lowest BCUT2D eigenvalue weighted by atomic mass is 9.71.